The predicted molar refractivity (Wildman–Crippen MR) is 80.8 cm³/mol. The van der Waals surface area contributed by atoms with Gasteiger partial charge >= 0.3 is 6.03 Å². The summed E-state index contributed by atoms with van der Waals surface area (Å²) in [5, 5.41) is 10.5. The van der Waals surface area contributed by atoms with Gasteiger partial charge in [0.1, 0.15) is 17.1 Å². The topological polar surface area (TPSA) is 58.6 Å². The van der Waals surface area contributed by atoms with Gasteiger partial charge < -0.3 is 4.90 Å². The summed E-state index contributed by atoms with van der Waals surface area (Å²) in [7, 11) is 0. The Balaban J connectivity index is 1.46. The number of benzene rings is 1. The molecule has 7 heteroatoms. The Morgan fingerprint density at radius 2 is 2.14 bits per heavy atom. The predicted octanol–water partition coefficient (Wildman–Crippen LogP) is 2.61. The number of hydroxylamine groups is 2. The van der Waals surface area contributed by atoms with Crippen LogP contribution in [-0.2, 0) is 11.4 Å². The highest BCUT2D eigenvalue weighted by Gasteiger charge is 2.46. The Morgan fingerprint density at radius 1 is 1.27 bits per heavy atom. The average molecular weight is 316 g/mol. The van der Waals surface area contributed by atoms with E-state index < -0.39 is 0 Å². The second-order valence-corrected chi connectivity index (χ2v) is 6.41. The van der Waals surface area contributed by atoms with E-state index in [4.69, 9.17) is 4.84 Å². The fourth-order valence-corrected chi connectivity index (χ4v) is 3.80. The SMILES string of the molecule is O=C1N2CC(CCC2c2nncs2)N1OCc1ccccc1. The summed E-state index contributed by atoms with van der Waals surface area (Å²) >= 11 is 1.51. The van der Waals surface area contributed by atoms with Crippen LogP contribution in [0, 0.1) is 0 Å². The molecule has 3 heterocycles. The van der Waals surface area contributed by atoms with E-state index in [1.54, 1.807) is 10.6 Å². The van der Waals surface area contributed by atoms with Gasteiger partial charge in [-0.15, -0.1) is 21.5 Å². The van der Waals surface area contributed by atoms with Crippen molar-refractivity contribution in [3.8, 4) is 0 Å². The van der Waals surface area contributed by atoms with Gasteiger partial charge in [-0.05, 0) is 18.4 Å². The van der Waals surface area contributed by atoms with Crippen LogP contribution in [-0.4, -0.2) is 38.8 Å². The maximum Gasteiger partial charge on any atom is 0.344 e. The molecule has 2 aliphatic heterocycles. The second-order valence-electron chi connectivity index (χ2n) is 5.54. The Kier molecular flexibility index (Phi) is 3.51. The first-order chi connectivity index (χ1) is 10.8. The maximum atomic E-state index is 12.6. The highest BCUT2D eigenvalue weighted by atomic mass is 32.1. The Morgan fingerprint density at radius 3 is 2.91 bits per heavy atom. The van der Waals surface area contributed by atoms with Crippen LogP contribution in [0.3, 0.4) is 0 Å². The molecule has 2 amide bonds. The first-order valence-electron chi connectivity index (χ1n) is 7.35. The Labute approximate surface area is 132 Å². The van der Waals surface area contributed by atoms with Crippen LogP contribution in [0.4, 0.5) is 4.79 Å². The number of hydrogen-bond donors (Lipinski definition) is 0. The van der Waals surface area contributed by atoms with Gasteiger partial charge in [-0.2, -0.15) is 5.06 Å². The quantitative estimate of drug-likeness (QED) is 0.870. The summed E-state index contributed by atoms with van der Waals surface area (Å²) in [5.41, 5.74) is 2.78. The summed E-state index contributed by atoms with van der Waals surface area (Å²) in [6.45, 7) is 1.12. The van der Waals surface area contributed by atoms with Crippen LogP contribution in [0.2, 0.25) is 0 Å². The number of piperidine rings is 1. The van der Waals surface area contributed by atoms with E-state index >= 15 is 0 Å². The zero-order valence-corrected chi connectivity index (χ0v) is 12.8. The highest BCUT2D eigenvalue weighted by molar-refractivity contribution is 7.09. The van der Waals surface area contributed by atoms with Crippen LogP contribution >= 0.6 is 11.3 Å². The van der Waals surface area contributed by atoms with Crippen molar-refractivity contribution in [2.24, 2.45) is 0 Å². The van der Waals surface area contributed by atoms with Crippen molar-refractivity contribution in [1.82, 2.24) is 20.2 Å². The van der Waals surface area contributed by atoms with Crippen LogP contribution in [0.1, 0.15) is 29.5 Å². The molecule has 22 heavy (non-hydrogen) atoms. The molecule has 6 nitrogen and oxygen atoms in total. The maximum absolute atomic E-state index is 12.6. The largest absolute Gasteiger partial charge is 0.344 e. The van der Waals surface area contributed by atoms with Crippen molar-refractivity contribution in [1.29, 1.82) is 0 Å². The normalized spacial score (nSPS) is 24.1. The summed E-state index contributed by atoms with van der Waals surface area (Å²) in [6, 6.07) is 10.0. The van der Waals surface area contributed by atoms with Crippen LogP contribution < -0.4 is 0 Å². The van der Waals surface area contributed by atoms with E-state index in [2.05, 4.69) is 10.2 Å². The first kappa shape index (κ1) is 13.7. The number of aromatic nitrogens is 2. The molecule has 0 saturated carbocycles. The van der Waals surface area contributed by atoms with Crippen molar-refractivity contribution in [2.75, 3.05) is 6.54 Å². The van der Waals surface area contributed by atoms with Gasteiger partial charge in [0.25, 0.3) is 0 Å². The average Bonchev–Trinajstić information content (AvgIpc) is 3.17. The first-order valence-corrected chi connectivity index (χ1v) is 8.23. The molecule has 4 rings (SSSR count). The molecule has 2 saturated heterocycles. The minimum absolute atomic E-state index is 0.0431. The number of rotatable bonds is 4. The highest BCUT2D eigenvalue weighted by Crippen LogP contribution is 2.38. The van der Waals surface area contributed by atoms with E-state index in [1.807, 2.05) is 35.2 Å². The number of carbonyl (C=O) groups excluding carboxylic acids is 1. The van der Waals surface area contributed by atoms with Gasteiger partial charge in [0.15, 0.2) is 0 Å². The lowest BCUT2D eigenvalue weighted by Crippen LogP contribution is -2.33. The molecule has 0 aliphatic carbocycles. The summed E-state index contributed by atoms with van der Waals surface area (Å²) < 4.78 is 0. The summed E-state index contributed by atoms with van der Waals surface area (Å²) in [5.74, 6) is 0. The molecule has 2 fully saturated rings. The number of carbonyl (C=O) groups is 1. The lowest BCUT2D eigenvalue weighted by molar-refractivity contribution is -0.140. The molecule has 2 unspecified atom stereocenters. The van der Waals surface area contributed by atoms with Crippen molar-refractivity contribution < 1.29 is 9.63 Å². The van der Waals surface area contributed by atoms with E-state index in [0.29, 0.717) is 13.2 Å². The zero-order chi connectivity index (χ0) is 14.9. The third kappa shape index (κ3) is 2.36. The molecule has 2 bridgehead atoms. The molecule has 2 aliphatic rings. The Hall–Kier alpha value is -1.99. The van der Waals surface area contributed by atoms with E-state index in [9.17, 15) is 4.79 Å². The molecule has 1 aromatic carbocycles. The van der Waals surface area contributed by atoms with E-state index in [-0.39, 0.29) is 18.1 Å². The van der Waals surface area contributed by atoms with Gasteiger partial charge in [0, 0.05) is 6.54 Å². The molecule has 2 atom stereocenters. The zero-order valence-electron chi connectivity index (χ0n) is 12.0. The van der Waals surface area contributed by atoms with Crippen molar-refractivity contribution in [3.63, 3.8) is 0 Å². The molecular weight excluding hydrogens is 300 g/mol. The van der Waals surface area contributed by atoms with E-state index in [0.717, 1.165) is 23.4 Å². The lowest BCUT2D eigenvalue weighted by atomic mass is 10.0. The fourth-order valence-electron chi connectivity index (χ4n) is 3.10. The molecule has 1 aromatic heterocycles. The smallest absolute Gasteiger partial charge is 0.311 e. The number of urea groups is 1. The molecule has 0 radical (unpaired) electrons. The van der Waals surface area contributed by atoms with Crippen molar-refractivity contribution in [3.05, 3.63) is 46.4 Å². The molecule has 2 aromatic rings. The fraction of sp³-hybridized carbons (Fsp3) is 0.400. The van der Waals surface area contributed by atoms with Crippen molar-refractivity contribution in [2.45, 2.75) is 31.5 Å². The minimum atomic E-state index is -0.0568. The monoisotopic (exact) mass is 316 g/mol. The lowest BCUT2D eigenvalue weighted by Gasteiger charge is -2.28. The number of amides is 2. The van der Waals surface area contributed by atoms with Gasteiger partial charge in [0.2, 0.25) is 0 Å². The number of hydrogen-bond acceptors (Lipinski definition) is 5. The van der Waals surface area contributed by atoms with Crippen LogP contribution in [0.5, 0.6) is 0 Å². The summed E-state index contributed by atoms with van der Waals surface area (Å²) in [6.07, 6.45) is 1.85. The second kappa shape index (κ2) is 5.66. The summed E-state index contributed by atoms with van der Waals surface area (Å²) in [4.78, 5) is 20.2. The van der Waals surface area contributed by atoms with Gasteiger partial charge in [-0.3, -0.25) is 4.84 Å². The van der Waals surface area contributed by atoms with Gasteiger partial charge in [-0.1, -0.05) is 30.3 Å². The Bertz CT molecular complexity index is 649. The van der Waals surface area contributed by atoms with Crippen LogP contribution in [0.15, 0.2) is 35.8 Å². The number of fused-ring (bicyclic) bond motifs is 2. The molecule has 114 valence electrons. The van der Waals surface area contributed by atoms with Crippen LogP contribution in [0.25, 0.3) is 0 Å². The molecule has 0 spiro atoms. The third-order valence-corrected chi connectivity index (χ3v) is 4.99. The van der Waals surface area contributed by atoms with Gasteiger partial charge in [-0.25, -0.2) is 4.79 Å². The van der Waals surface area contributed by atoms with E-state index in [1.165, 1.54) is 11.3 Å². The standard InChI is InChI=1S/C15H16N4O2S/c20-15-18-8-12(6-7-13(18)14-17-16-10-22-14)19(15)21-9-11-4-2-1-3-5-11/h1-5,10,12-13H,6-9H2. The number of nitrogens with zero attached hydrogens (tertiary/aromatic N) is 4. The molecule has 0 N–H and O–H groups in total. The molecular formula is C15H16N4O2S. The van der Waals surface area contributed by atoms with Gasteiger partial charge in [0.05, 0.1) is 12.1 Å². The minimum Gasteiger partial charge on any atom is -0.311 e. The van der Waals surface area contributed by atoms with Crippen molar-refractivity contribution >= 4 is 17.4 Å². The third-order valence-electron chi connectivity index (χ3n) is 4.20.